The standard InChI is InChI=1S/C20H23N5OS/c1-15(20-22-17-5-3-4-6-18(17)27-20)24-9-11-25(12-10-24)19(26)8-7-16-13-21-23(2)14-16/h3-8,13-15H,9-12H2,1-2H3/b8-7+. The van der Waals surface area contributed by atoms with Gasteiger partial charge in [-0.25, -0.2) is 4.98 Å². The lowest BCUT2D eigenvalue weighted by Crippen LogP contribution is -2.48. The molecule has 1 saturated heterocycles. The van der Waals surface area contributed by atoms with Crippen molar-refractivity contribution in [2.75, 3.05) is 26.2 Å². The van der Waals surface area contributed by atoms with Crippen molar-refractivity contribution < 1.29 is 4.79 Å². The Morgan fingerprint density at radius 3 is 2.70 bits per heavy atom. The minimum absolute atomic E-state index is 0.0612. The highest BCUT2D eigenvalue weighted by Crippen LogP contribution is 2.29. The van der Waals surface area contributed by atoms with Crippen LogP contribution in [0.15, 0.2) is 42.7 Å². The fourth-order valence-corrected chi connectivity index (χ4v) is 4.41. The third-order valence-electron chi connectivity index (χ3n) is 4.98. The van der Waals surface area contributed by atoms with Gasteiger partial charge in [0.25, 0.3) is 0 Å². The van der Waals surface area contributed by atoms with Gasteiger partial charge >= 0.3 is 0 Å². The number of rotatable bonds is 4. The van der Waals surface area contributed by atoms with E-state index < -0.39 is 0 Å². The van der Waals surface area contributed by atoms with E-state index in [1.165, 1.54) is 4.70 Å². The molecule has 0 radical (unpaired) electrons. The van der Waals surface area contributed by atoms with Crippen LogP contribution in [0.5, 0.6) is 0 Å². The lowest BCUT2D eigenvalue weighted by Gasteiger charge is -2.37. The Hall–Kier alpha value is -2.51. The van der Waals surface area contributed by atoms with Crippen molar-refractivity contribution in [2.24, 2.45) is 7.05 Å². The molecule has 3 heterocycles. The van der Waals surface area contributed by atoms with Gasteiger partial charge in [-0.2, -0.15) is 5.10 Å². The minimum Gasteiger partial charge on any atom is -0.337 e. The Labute approximate surface area is 162 Å². The Kier molecular flexibility index (Phi) is 5.05. The molecule has 6 nitrogen and oxygen atoms in total. The lowest BCUT2D eigenvalue weighted by molar-refractivity contribution is -0.127. The Bertz CT molecular complexity index is 935. The van der Waals surface area contributed by atoms with Crippen LogP contribution >= 0.6 is 11.3 Å². The number of aromatic nitrogens is 3. The third kappa shape index (κ3) is 3.94. The Balaban J connectivity index is 1.35. The number of hydrogen-bond acceptors (Lipinski definition) is 5. The molecule has 0 aliphatic carbocycles. The van der Waals surface area contributed by atoms with E-state index in [2.05, 4.69) is 35.1 Å². The number of nitrogens with zero attached hydrogens (tertiary/aromatic N) is 5. The zero-order chi connectivity index (χ0) is 18.8. The molecule has 140 valence electrons. The second kappa shape index (κ2) is 7.62. The summed E-state index contributed by atoms with van der Waals surface area (Å²) in [5.41, 5.74) is 2.01. The van der Waals surface area contributed by atoms with Crippen molar-refractivity contribution >= 4 is 33.5 Å². The average molecular weight is 382 g/mol. The highest BCUT2D eigenvalue weighted by molar-refractivity contribution is 7.18. The van der Waals surface area contributed by atoms with Crippen LogP contribution in [0, 0.1) is 0 Å². The van der Waals surface area contributed by atoms with E-state index in [9.17, 15) is 4.79 Å². The largest absolute Gasteiger partial charge is 0.337 e. The van der Waals surface area contributed by atoms with E-state index in [4.69, 9.17) is 4.98 Å². The fraction of sp³-hybridized carbons (Fsp3) is 0.350. The zero-order valence-corrected chi connectivity index (χ0v) is 16.4. The lowest BCUT2D eigenvalue weighted by atomic mass is 10.2. The van der Waals surface area contributed by atoms with Crippen molar-refractivity contribution in [3.63, 3.8) is 0 Å². The molecule has 1 aliphatic rings. The molecule has 1 atom stereocenters. The van der Waals surface area contributed by atoms with Crippen LogP contribution < -0.4 is 0 Å². The quantitative estimate of drug-likeness (QED) is 0.652. The first-order valence-electron chi connectivity index (χ1n) is 9.15. The van der Waals surface area contributed by atoms with Crippen LogP contribution in [-0.2, 0) is 11.8 Å². The van der Waals surface area contributed by atoms with Gasteiger partial charge in [0.1, 0.15) is 5.01 Å². The number of fused-ring (bicyclic) bond motifs is 1. The van der Waals surface area contributed by atoms with Crippen molar-refractivity contribution in [1.29, 1.82) is 0 Å². The molecular weight excluding hydrogens is 358 g/mol. The molecule has 4 rings (SSSR count). The van der Waals surface area contributed by atoms with Crippen LogP contribution in [0.2, 0.25) is 0 Å². The van der Waals surface area contributed by atoms with Crippen LogP contribution in [0.3, 0.4) is 0 Å². The molecule has 3 aromatic rings. The van der Waals surface area contributed by atoms with Gasteiger partial charge in [0.05, 0.1) is 22.5 Å². The highest BCUT2D eigenvalue weighted by Gasteiger charge is 2.25. The van der Waals surface area contributed by atoms with Crippen LogP contribution in [0.25, 0.3) is 16.3 Å². The van der Waals surface area contributed by atoms with Crippen LogP contribution in [0.1, 0.15) is 23.5 Å². The summed E-state index contributed by atoms with van der Waals surface area (Å²) >= 11 is 1.76. The van der Waals surface area contributed by atoms with E-state index in [0.29, 0.717) is 0 Å². The summed E-state index contributed by atoms with van der Waals surface area (Å²) in [5.74, 6) is 0.0612. The molecule has 0 spiro atoms. The van der Waals surface area contributed by atoms with E-state index in [-0.39, 0.29) is 11.9 Å². The maximum absolute atomic E-state index is 12.4. The summed E-state index contributed by atoms with van der Waals surface area (Å²) in [5, 5.41) is 5.26. The predicted octanol–water partition coefficient (Wildman–Crippen LogP) is 2.95. The number of carbonyl (C=O) groups excluding carboxylic acids is 1. The molecule has 0 saturated carbocycles. The normalized spacial score (nSPS) is 17.0. The number of hydrogen-bond donors (Lipinski definition) is 0. The average Bonchev–Trinajstić information content (AvgIpc) is 3.31. The maximum atomic E-state index is 12.4. The van der Waals surface area contributed by atoms with E-state index in [0.717, 1.165) is 42.3 Å². The number of aryl methyl sites for hydroxylation is 1. The van der Waals surface area contributed by atoms with Gasteiger partial charge in [-0.3, -0.25) is 14.4 Å². The summed E-state index contributed by atoms with van der Waals surface area (Å²) in [7, 11) is 1.87. The smallest absolute Gasteiger partial charge is 0.246 e. The van der Waals surface area contributed by atoms with Crippen molar-refractivity contribution in [3.05, 3.63) is 53.3 Å². The van der Waals surface area contributed by atoms with Gasteiger partial charge in [-0.1, -0.05) is 12.1 Å². The Morgan fingerprint density at radius 1 is 1.22 bits per heavy atom. The summed E-state index contributed by atoms with van der Waals surface area (Å²) in [6, 6.07) is 8.53. The van der Waals surface area contributed by atoms with Crippen molar-refractivity contribution in [1.82, 2.24) is 24.6 Å². The summed E-state index contributed by atoms with van der Waals surface area (Å²) in [6.07, 6.45) is 7.11. The molecule has 1 aliphatic heterocycles. The molecule has 1 amide bonds. The van der Waals surface area contributed by atoms with Crippen molar-refractivity contribution in [3.8, 4) is 0 Å². The highest BCUT2D eigenvalue weighted by atomic mass is 32.1. The molecule has 27 heavy (non-hydrogen) atoms. The van der Waals surface area contributed by atoms with Gasteiger partial charge in [-0.05, 0) is 25.1 Å². The molecule has 1 unspecified atom stereocenters. The topological polar surface area (TPSA) is 54.3 Å². The third-order valence-corrected chi connectivity index (χ3v) is 6.19. The summed E-state index contributed by atoms with van der Waals surface area (Å²) in [4.78, 5) is 21.5. The Morgan fingerprint density at radius 2 is 2.00 bits per heavy atom. The van der Waals surface area contributed by atoms with Gasteiger partial charge in [0.2, 0.25) is 5.91 Å². The number of benzene rings is 1. The van der Waals surface area contributed by atoms with Crippen molar-refractivity contribution in [2.45, 2.75) is 13.0 Å². The predicted molar refractivity (Wildman–Crippen MR) is 108 cm³/mol. The van der Waals surface area contributed by atoms with Gasteiger partial charge in [0, 0.05) is 51.1 Å². The monoisotopic (exact) mass is 381 g/mol. The van der Waals surface area contributed by atoms with E-state index in [1.807, 2.05) is 30.3 Å². The number of thiazole rings is 1. The second-order valence-electron chi connectivity index (χ2n) is 6.84. The first kappa shape index (κ1) is 17.9. The fourth-order valence-electron chi connectivity index (χ4n) is 3.35. The number of piperazine rings is 1. The summed E-state index contributed by atoms with van der Waals surface area (Å²) < 4.78 is 2.96. The number of amides is 1. The first-order chi connectivity index (χ1) is 13.1. The van der Waals surface area contributed by atoms with Crippen LogP contribution in [-0.4, -0.2) is 56.7 Å². The second-order valence-corrected chi connectivity index (χ2v) is 7.90. The molecule has 0 N–H and O–H groups in total. The van der Waals surface area contributed by atoms with E-state index >= 15 is 0 Å². The maximum Gasteiger partial charge on any atom is 0.246 e. The first-order valence-corrected chi connectivity index (χ1v) is 9.97. The molecule has 2 aromatic heterocycles. The molecule has 1 fully saturated rings. The SMILES string of the molecule is CC(c1nc2ccccc2s1)N1CCN(C(=O)/C=C/c2cnn(C)c2)CC1. The zero-order valence-electron chi connectivity index (χ0n) is 15.6. The number of para-hydroxylation sites is 1. The molecular formula is C20H23N5OS. The summed E-state index contributed by atoms with van der Waals surface area (Å²) in [6.45, 7) is 5.42. The molecule has 0 bridgehead atoms. The molecule has 7 heteroatoms. The molecule has 1 aromatic carbocycles. The van der Waals surface area contributed by atoms with Gasteiger partial charge < -0.3 is 4.90 Å². The van der Waals surface area contributed by atoms with Gasteiger partial charge in [0.15, 0.2) is 0 Å². The number of carbonyl (C=O) groups is 1. The van der Waals surface area contributed by atoms with E-state index in [1.54, 1.807) is 28.3 Å². The van der Waals surface area contributed by atoms with Gasteiger partial charge in [-0.15, -0.1) is 11.3 Å². The van der Waals surface area contributed by atoms with Crippen LogP contribution in [0.4, 0.5) is 0 Å². The minimum atomic E-state index is 0.0612.